The molecule has 2 amide bonds. The van der Waals surface area contributed by atoms with Crippen molar-refractivity contribution >= 4 is 57.2 Å². The first-order valence-corrected chi connectivity index (χ1v) is 12.3. The van der Waals surface area contributed by atoms with Crippen molar-refractivity contribution in [3.05, 3.63) is 95.7 Å². The van der Waals surface area contributed by atoms with Crippen LogP contribution < -0.4 is 10.6 Å². The fourth-order valence-electron chi connectivity index (χ4n) is 4.58. The van der Waals surface area contributed by atoms with E-state index in [0.717, 1.165) is 10.9 Å². The fraction of sp³-hybridized carbons (Fsp3) is 0.133. The Morgan fingerprint density at radius 1 is 0.923 bits per heavy atom. The molecule has 1 aromatic heterocycles. The molecular weight excluding hydrogens is 496 g/mol. The molecule has 5 rings (SSSR count). The van der Waals surface area contributed by atoms with Crippen LogP contribution in [0.2, 0.25) is 0 Å². The summed E-state index contributed by atoms with van der Waals surface area (Å²) in [5.74, 6) is -1.70. The molecule has 0 radical (unpaired) electrons. The number of hydrogen-bond acceptors (Lipinski definition) is 5. The van der Waals surface area contributed by atoms with Crippen LogP contribution in [-0.4, -0.2) is 52.4 Å². The van der Waals surface area contributed by atoms with Crippen LogP contribution in [0.4, 0.5) is 11.4 Å². The van der Waals surface area contributed by atoms with Crippen LogP contribution in [0.15, 0.2) is 79.0 Å². The summed E-state index contributed by atoms with van der Waals surface area (Å²) in [6.45, 7) is 0. The van der Waals surface area contributed by atoms with Gasteiger partial charge in [0.05, 0.1) is 28.0 Å². The largest absolute Gasteiger partial charge is 0.478 e. The van der Waals surface area contributed by atoms with Crippen molar-refractivity contribution in [1.29, 1.82) is 0 Å². The van der Waals surface area contributed by atoms with E-state index in [2.05, 4.69) is 10.6 Å². The number of fused-ring (bicyclic) bond motifs is 2. The quantitative estimate of drug-likeness (QED) is 0.301. The average Bonchev–Trinajstić information content (AvgIpc) is 3.50. The van der Waals surface area contributed by atoms with Crippen LogP contribution in [0.25, 0.3) is 22.2 Å². The predicted molar refractivity (Wildman–Crippen MR) is 149 cm³/mol. The normalized spacial score (nSPS) is 13.5. The number of nitrogens with zero attached hydrogens (tertiary/aromatic N) is 2. The summed E-state index contributed by atoms with van der Waals surface area (Å²) in [7, 11) is 3.32. The molecule has 0 atom stereocenters. The van der Waals surface area contributed by atoms with Crippen LogP contribution in [-0.2, 0) is 9.59 Å². The second kappa shape index (κ2) is 10.3. The van der Waals surface area contributed by atoms with Crippen molar-refractivity contribution < 1.29 is 24.3 Å². The number of aromatic carboxylic acids is 1. The van der Waals surface area contributed by atoms with Crippen LogP contribution in [0, 0.1) is 0 Å². The highest BCUT2D eigenvalue weighted by Gasteiger charge is 2.29. The molecule has 39 heavy (non-hydrogen) atoms. The van der Waals surface area contributed by atoms with Gasteiger partial charge in [0.1, 0.15) is 0 Å². The number of anilines is 2. The molecule has 0 fully saturated rings. The number of carbonyl (C=O) groups excluding carboxylic acids is 3. The third-order valence-electron chi connectivity index (χ3n) is 6.60. The maximum atomic E-state index is 13.1. The molecule has 4 aromatic rings. The van der Waals surface area contributed by atoms with Crippen LogP contribution in [0.5, 0.6) is 0 Å². The van der Waals surface area contributed by atoms with Crippen LogP contribution >= 0.6 is 0 Å². The summed E-state index contributed by atoms with van der Waals surface area (Å²) < 4.78 is 1.54. The van der Waals surface area contributed by atoms with Crippen molar-refractivity contribution in [2.24, 2.45) is 0 Å². The zero-order valence-corrected chi connectivity index (χ0v) is 21.4. The van der Waals surface area contributed by atoms with Crippen molar-refractivity contribution in [1.82, 2.24) is 9.47 Å². The van der Waals surface area contributed by atoms with Gasteiger partial charge in [-0.1, -0.05) is 36.4 Å². The molecule has 0 unspecified atom stereocenters. The lowest BCUT2D eigenvalue weighted by Gasteiger charge is -2.15. The van der Waals surface area contributed by atoms with Gasteiger partial charge in [-0.25, -0.2) is 4.79 Å². The van der Waals surface area contributed by atoms with Gasteiger partial charge in [0.15, 0.2) is 0 Å². The molecule has 196 valence electrons. The van der Waals surface area contributed by atoms with Crippen molar-refractivity contribution in [3.63, 3.8) is 0 Å². The molecular formula is C30H26N4O5. The van der Waals surface area contributed by atoms with Gasteiger partial charge < -0.3 is 20.6 Å². The Morgan fingerprint density at radius 3 is 2.41 bits per heavy atom. The first-order chi connectivity index (χ1) is 18.7. The van der Waals surface area contributed by atoms with Crippen molar-refractivity contribution in [2.45, 2.75) is 12.8 Å². The highest BCUT2D eigenvalue weighted by molar-refractivity contribution is 6.37. The summed E-state index contributed by atoms with van der Waals surface area (Å²) in [5, 5.41) is 16.3. The minimum Gasteiger partial charge on any atom is -0.478 e. The molecule has 3 N–H and O–H groups in total. The van der Waals surface area contributed by atoms with E-state index in [9.17, 15) is 24.3 Å². The van der Waals surface area contributed by atoms with Gasteiger partial charge in [0, 0.05) is 49.8 Å². The summed E-state index contributed by atoms with van der Waals surface area (Å²) in [4.78, 5) is 50.7. The molecule has 0 bridgehead atoms. The maximum absolute atomic E-state index is 13.1. The first kappa shape index (κ1) is 25.5. The minimum atomic E-state index is -1.08. The standard InChI is InChI=1S/C30H26N4O5/c1-33(2)25(35)12-13-26(36)34-15-14-19-16-21(9-11-24(19)34)31-28(18-6-4-3-5-7-18)27-22-10-8-20(30(38)39)17-23(22)32-29(27)37/h3-11,14-17,31H,12-13H2,1-2H3,(H,32,37)(H,38,39)/b28-27-. The number of aromatic nitrogens is 1. The monoisotopic (exact) mass is 522 g/mol. The summed E-state index contributed by atoms with van der Waals surface area (Å²) in [6.07, 6.45) is 1.92. The summed E-state index contributed by atoms with van der Waals surface area (Å²) in [5.41, 5.74) is 4.26. The minimum absolute atomic E-state index is 0.0834. The van der Waals surface area contributed by atoms with E-state index in [0.29, 0.717) is 33.7 Å². The topological polar surface area (TPSA) is 121 Å². The van der Waals surface area contributed by atoms with Gasteiger partial charge in [-0.15, -0.1) is 0 Å². The number of amides is 2. The molecule has 9 nitrogen and oxygen atoms in total. The number of nitrogens with one attached hydrogen (secondary N) is 2. The van der Waals surface area contributed by atoms with E-state index in [-0.39, 0.29) is 36.1 Å². The van der Waals surface area contributed by atoms with Crippen LogP contribution in [0.1, 0.15) is 39.1 Å². The number of rotatable bonds is 7. The van der Waals surface area contributed by atoms with E-state index in [1.165, 1.54) is 17.0 Å². The highest BCUT2D eigenvalue weighted by Crippen LogP contribution is 2.38. The first-order valence-electron chi connectivity index (χ1n) is 12.3. The predicted octanol–water partition coefficient (Wildman–Crippen LogP) is 4.78. The molecule has 0 spiro atoms. The second-order valence-corrected chi connectivity index (χ2v) is 9.40. The smallest absolute Gasteiger partial charge is 0.335 e. The second-order valence-electron chi connectivity index (χ2n) is 9.40. The van der Waals surface area contributed by atoms with Crippen molar-refractivity contribution in [2.75, 3.05) is 24.7 Å². The Morgan fingerprint density at radius 2 is 1.69 bits per heavy atom. The van der Waals surface area contributed by atoms with E-state index >= 15 is 0 Å². The molecule has 0 saturated heterocycles. The molecule has 1 aliphatic heterocycles. The van der Waals surface area contributed by atoms with Gasteiger partial charge in [0.25, 0.3) is 5.91 Å². The SMILES string of the molecule is CN(C)C(=O)CCC(=O)n1ccc2cc(N/C(=C3\C(=O)Nc4cc(C(=O)O)ccc43)c3ccccc3)ccc21. The van der Waals surface area contributed by atoms with Crippen LogP contribution in [0.3, 0.4) is 0 Å². The Labute approximate surface area is 224 Å². The number of hydrogen-bond donors (Lipinski definition) is 3. The highest BCUT2D eigenvalue weighted by atomic mass is 16.4. The zero-order valence-electron chi connectivity index (χ0n) is 21.4. The third-order valence-corrected chi connectivity index (χ3v) is 6.60. The van der Waals surface area contributed by atoms with E-state index < -0.39 is 5.97 Å². The lowest BCUT2D eigenvalue weighted by atomic mass is 9.99. The lowest BCUT2D eigenvalue weighted by molar-refractivity contribution is -0.128. The number of carboxylic acid groups (broad SMARTS) is 1. The van der Waals surface area contributed by atoms with Gasteiger partial charge >= 0.3 is 5.97 Å². The Balaban J connectivity index is 1.51. The average molecular weight is 523 g/mol. The Hall–Kier alpha value is -5.18. The van der Waals surface area contributed by atoms with E-state index in [4.69, 9.17) is 0 Å². The van der Waals surface area contributed by atoms with Gasteiger partial charge in [-0.2, -0.15) is 0 Å². The van der Waals surface area contributed by atoms with E-state index in [1.54, 1.807) is 30.9 Å². The van der Waals surface area contributed by atoms with Crippen molar-refractivity contribution in [3.8, 4) is 0 Å². The molecule has 3 aromatic carbocycles. The molecule has 9 heteroatoms. The number of benzene rings is 3. The van der Waals surface area contributed by atoms with Gasteiger partial charge in [-0.3, -0.25) is 19.0 Å². The Bertz CT molecular complexity index is 1670. The molecule has 1 aliphatic rings. The molecule has 2 heterocycles. The van der Waals surface area contributed by atoms with E-state index in [1.807, 2.05) is 54.6 Å². The zero-order chi connectivity index (χ0) is 27.7. The van der Waals surface area contributed by atoms with Gasteiger partial charge in [-0.05, 0) is 42.0 Å². The summed E-state index contributed by atoms with van der Waals surface area (Å²) in [6, 6.07) is 21.3. The molecule has 0 aliphatic carbocycles. The maximum Gasteiger partial charge on any atom is 0.335 e. The van der Waals surface area contributed by atoms with Gasteiger partial charge in [0.2, 0.25) is 11.8 Å². The number of carboxylic acids is 1. The Kier molecular flexibility index (Phi) is 6.72. The third kappa shape index (κ3) is 5.02. The molecule has 0 saturated carbocycles. The fourth-order valence-corrected chi connectivity index (χ4v) is 4.58. The lowest BCUT2D eigenvalue weighted by Crippen LogP contribution is -2.23. The number of carbonyl (C=O) groups is 4. The summed E-state index contributed by atoms with van der Waals surface area (Å²) >= 11 is 0.